The lowest BCUT2D eigenvalue weighted by molar-refractivity contribution is 1.15. The Morgan fingerprint density at radius 3 is 2.83 bits per heavy atom. The quantitative estimate of drug-likeness (QED) is 0.589. The molecule has 2 rings (SSSR count). The molecule has 0 aliphatic rings. The van der Waals surface area contributed by atoms with E-state index >= 15 is 0 Å². The van der Waals surface area contributed by atoms with Gasteiger partial charge >= 0.3 is 0 Å². The number of H-pyrrole nitrogens is 2. The number of rotatable bonds is 0. The molecule has 0 aliphatic carbocycles. The molecule has 0 bridgehead atoms. The Labute approximate surface area is 71.8 Å². The summed E-state index contributed by atoms with van der Waals surface area (Å²) in [6, 6.07) is 0. The van der Waals surface area contributed by atoms with Crippen LogP contribution in [0, 0.1) is 6.92 Å². The van der Waals surface area contributed by atoms with Gasteiger partial charge in [-0.05, 0) is 18.5 Å². The van der Waals surface area contributed by atoms with E-state index < -0.39 is 0 Å². The molecule has 2 aromatic rings. The lowest BCUT2D eigenvalue weighted by Crippen LogP contribution is -2.07. The molecule has 0 atom stereocenters. The summed E-state index contributed by atoms with van der Waals surface area (Å²) in [5.41, 5.74) is 0.406. The van der Waals surface area contributed by atoms with E-state index in [0.717, 1.165) is 0 Å². The first kappa shape index (κ1) is 7.30. The normalized spacial score (nSPS) is 10.8. The van der Waals surface area contributed by atoms with Crippen LogP contribution in [0.5, 0.6) is 0 Å². The summed E-state index contributed by atoms with van der Waals surface area (Å²) in [5, 5.41) is 0.0546. The van der Waals surface area contributed by atoms with Gasteiger partial charge in [0.2, 0.25) is 5.28 Å². The van der Waals surface area contributed by atoms with Crippen LogP contribution < -0.4 is 5.56 Å². The Bertz CT molecular complexity index is 486. The highest BCUT2D eigenvalue weighted by molar-refractivity contribution is 6.28. The fourth-order valence-electron chi connectivity index (χ4n) is 0.996. The van der Waals surface area contributed by atoms with E-state index in [4.69, 9.17) is 11.6 Å². The minimum Gasteiger partial charge on any atom is -0.336 e. The van der Waals surface area contributed by atoms with Crippen LogP contribution in [0.3, 0.4) is 0 Å². The standard InChI is InChI=1S/C6H5ClN4O/c1-2-8-3-4(9-2)10-6(7)11-5(3)12/h1H3,(H2,8,9,10,11,12). The van der Waals surface area contributed by atoms with Crippen molar-refractivity contribution in [1.29, 1.82) is 0 Å². The van der Waals surface area contributed by atoms with E-state index in [1.807, 2.05) is 0 Å². The zero-order valence-corrected chi connectivity index (χ0v) is 6.94. The number of fused-ring (bicyclic) bond motifs is 1. The van der Waals surface area contributed by atoms with Crippen LogP contribution >= 0.6 is 11.6 Å². The van der Waals surface area contributed by atoms with Crippen LogP contribution in [-0.4, -0.2) is 19.9 Å². The fraction of sp³-hybridized carbons (Fsp3) is 0.167. The van der Waals surface area contributed by atoms with Gasteiger partial charge in [0.15, 0.2) is 11.2 Å². The monoisotopic (exact) mass is 184 g/mol. The number of aryl methyl sites for hydroxylation is 1. The van der Waals surface area contributed by atoms with Gasteiger partial charge in [0.25, 0.3) is 5.56 Å². The first-order chi connectivity index (χ1) is 5.66. The smallest absolute Gasteiger partial charge is 0.277 e. The molecule has 0 saturated heterocycles. The molecular weight excluding hydrogens is 180 g/mol. The number of nitrogens with zero attached hydrogens (tertiary/aromatic N) is 2. The molecule has 0 spiro atoms. The number of halogens is 1. The predicted octanol–water partition coefficient (Wildman–Crippen LogP) is 0.608. The van der Waals surface area contributed by atoms with Crippen LogP contribution in [0.25, 0.3) is 11.2 Å². The second-order valence-corrected chi connectivity index (χ2v) is 2.74. The second kappa shape index (κ2) is 2.31. The number of aromatic amines is 2. The molecule has 0 amide bonds. The van der Waals surface area contributed by atoms with Gasteiger partial charge in [-0.2, -0.15) is 4.98 Å². The van der Waals surface area contributed by atoms with Gasteiger partial charge in [0.05, 0.1) is 0 Å². The molecule has 0 aromatic carbocycles. The maximum atomic E-state index is 11.2. The molecule has 2 N–H and O–H groups in total. The fourth-order valence-corrected chi connectivity index (χ4v) is 1.16. The van der Waals surface area contributed by atoms with Gasteiger partial charge in [0, 0.05) is 0 Å². The molecule has 0 saturated carbocycles. The van der Waals surface area contributed by atoms with Crippen molar-refractivity contribution in [3.05, 3.63) is 21.5 Å². The first-order valence-electron chi connectivity index (χ1n) is 3.29. The third-order valence-corrected chi connectivity index (χ3v) is 1.63. The molecule has 0 unspecified atom stereocenters. The molecule has 0 fully saturated rings. The van der Waals surface area contributed by atoms with Crippen molar-refractivity contribution in [3.8, 4) is 0 Å². The molecule has 2 heterocycles. The third kappa shape index (κ3) is 0.984. The van der Waals surface area contributed by atoms with E-state index in [-0.39, 0.29) is 10.8 Å². The van der Waals surface area contributed by atoms with E-state index in [0.29, 0.717) is 17.0 Å². The molecule has 0 radical (unpaired) electrons. The third-order valence-electron chi connectivity index (χ3n) is 1.45. The van der Waals surface area contributed by atoms with Crippen LogP contribution in [0.1, 0.15) is 5.82 Å². The van der Waals surface area contributed by atoms with E-state index in [9.17, 15) is 4.79 Å². The Morgan fingerprint density at radius 1 is 1.33 bits per heavy atom. The van der Waals surface area contributed by atoms with Crippen LogP contribution in [0.2, 0.25) is 5.28 Å². The van der Waals surface area contributed by atoms with Gasteiger partial charge in [-0.1, -0.05) is 0 Å². The summed E-state index contributed by atoms with van der Waals surface area (Å²) in [6.45, 7) is 1.75. The minimum atomic E-state index is -0.300. The Hall–Kier alpha value is -1.36. The lowest BCUT2D eigenvalue weighted by Gasteiger charge is -1.87. The Morgan fingerprint density at radius 2 is 2.08 bits per heavy atom. The zero-order chi connectivity index (χ0) is 8.72. The average molecular weight is 185 g/mol. The highest BCUT2D eigenvalue weighted by atomic mass is 35.5. The van der Waals surface area contributed by atoms with Gasteiger partial charge < -0.3 is 4.98 Å². The summed E-state index contributed by atoms with van der Waals surface area (Å²) >= 11 is 5.51. The zero-order valence-electron chi connectivity index (χ0n) is 6.18. The first-order valence-corrected chi connectivity index (χ1v) is 3.67. The number of hydrogen-bond acceptors (Lipinski definition) is 3. The predicted molar refractivity (Wildman–Crippen MR) is 44.3 cm³/mol. The minimum absolute atomic E-state index is 0.0546. The average Bonchev–Trinajstić information content (AvgIpc) is 2.29. The van der Waals surface area contributed by atoms with E-state index in [1.54, 1.807) is 6.92 Å². The van der Waals surface area contributed by atoms with Gasteiger partial charge in [-0.25, -0.2) is 4.98 Å². The topological polar surface area (TPSA) is 74.4 Å². The van der Waals surface area contributed by atoms with Crippen LogP contribution in [0.15, 0.2) is 4.79 Å². The summed E-state index contributed by atoms with van der Waals surface area (Å²) in [7, 11) is 0. The number of nitrogens with one attached hydrogen (secondary N) is 2. The number of hydrogen-bond donors (Lipinski definition) is 2. The van der Waals surface area contributed by atoms with Crippen LogP contribution in [-0.2, 0) is 0 Å². The second-order valence-electron chi connectivity index (χ2n) is 2.38. The molecule has 6 heteroatoms. The summed E-state index contributed by atoms with van der Waals surface area (Å²) in [4.78, 5) is 24.1. The summed E-state index contributed by atoms with van der Waals surface area (Å²) in [5.74, 6) is 0.644. The van der Waals surface area contributed by atoms with Crippen LogP contribution in [0.4, 0.5) is 0 Å². The number of imidazole rings is 1. The number of aromatic nitrogens is 4. The maximum Gasteiger partial charge on any atom is 0.277 e. The van der Waals surface area contributed by atoms with Crippen molar-refractivity contribution in [2.75, 3.05) is 0 Å². The van der Waals surface area contributed by atoms with Crippen molar-refractivity contribution >= 4 is 22.8 Å². The SMILES string of the molecule is Cc1nc2nc(Cl)[nH]c(=O)c2[nH]1. The molecule has 12 heavy (non-hydrogen) atoms. The van der Waals surface area contributed by atoms with Crippen molar-refractivity contribution in [1.82, 2.24) is 19.9 Å². The largest absolute Gasteiger partial charge is 0.336 e. The van der Waals surface area contributed by atoms with Crippen molar-refractivity contribution < 1.29 is 0 Å². The van der Waals surface area contributed by atoms with Gasteiger partial charge in [0.1, 0.15) is 5.82 Å². The van der Waals surface area contributed by atoms with Crippen molar-refractivity contribution in [2.45, 2.75) is 6.92 Å². The maximum absolute atomic E-state index is 11.2. The van der Waals surface area contributed by atoms with E-state index in [2.05, 4.69) is 19.9 Å². The molecule has 0 aliphatic heterocycles. The highest BCUT2D eigenvalue weighted by Gasteiger charge is 2.05. The molecular formula is C6H5ClN4O. The Balaban J connectivity index is 2.98. The Kier molecular flexibility index (Phi) is 1.41. The van der Waals surface area contributed by atoms with E-state index in [1.165, 1.54) is 0 Å². The molecule has 5 nitrogen and oxygen atoms in total. The molecule has 62 valence electrons. The summed E-state index contributed by atoms with van der Waals surface area (Å²) < 4.78 is 0. The van der Waals surface area contributed by atoms with Gasteiger partial charge in [-0.15, -0.1) is 0 Å². The van der Waals surface area contributed by atoms with Crippen molar-refractivity contribution in [3.63, 3.8) is 0 Å². The highest BCUT2D eigenvalue weighted by Crippen LogP contribution is 2.04. The molecule has 2 aromatic heterocycles. The lowest BCUT2D eigenvalue weighted by atomic mass is 10.5. The van der Waals surface area contributed by atoms with Crippen molar-refractivity contribution in [2.24, 2.45) is 0 Å². The summed E-state index contributed by atoms with van der Waals surface area (Å²) in [6.07, 6.45) is 0. The van der Waals surface area contributed by atoms with Gasteiger partial charge in [-0.3, -0.25) is 9.78 Å².